The number of nitrogens with two attached hydrogens (primary N) is 1. The molecule has 0 aliphatic rings. The molecular weight excluding hydrogens is 280 g/mol. The van der Waals surface area contributed by atoms with Crippen LogP contribution in [0, 0.1) is 11.3 Å². The van der Waals surface area contributed by atoms with Gasteiger partial charge < -0.3 is 15.2 Å². The Kier molecular flexibility index (Phi) is 4.99. The van der Waals surface area contributed by atoms with Crippen LogP contribution in [0.3, 0.4) is 0 Å². The molecule has 5 nitrogen and oxygen atoms in total. The maximum atomic E-state index is 11.2. The average Bonchev–Trinajstić information content (AvgIpc) is 2.54. The standard InChI is InChI=1S/C17H16N2O3/c1-2-21-16-9-14(17(19)20)7-8-15(16)22-11-13-5-3-12(10-18)4-6-13/h3-9H,2,11H2,1H3,(H2,19,20). The molecule has 0 unspecified atom stereocenters. The summed E-state index contributed by atoms with van der Waals surface area (Å²) >= 11 is 0. The molecule has 0 bridgehead atoms. The van der Waals surface area contributed by atoms with Crippen molar-refractivity contribution in [2.24, 2.45) is 5.73 Å². The fourth-order valence-electron chi connectivity index (χ4n) is 1.89. The van der Waals surface area contributed by atoms with Crippen molar-refractivity contribution >= 4 is 5.91 Å². The van der Waals surface area contributed by atoms with Gasteiger partial charge in [0.1, 0.15) is 6.61 Å². The molecule has 0 spiro atoms. The lowest BCUT2D eigenvalue weighted by molar-refractivity contribution is 0.0999. The Morgan fingerprint density at radius 2 is 1.86 bits per heavy atom. The van der Waals surface area contributed by atoms with Crippen molar-refractivity contribution in [3.8, 4) is 17.6 Å². The van der Waals surface area contributed by atoms with Crippen LogP contribution in [0.15, 0.2) is 42.5 Å². The molecule has 2 rings (SSSR count). The minimum Gasteiger partial charge on any atom is -0.490 e. The summed E-state index contributed by atoms with van der Waals surface area (Å²) in [5, 5.41) is 8.77. The van der Waals surface area contributed by atoms with Crippen molar-refractivity contribution in [3.05, 3.63) is 59.2 Å². The molecule has 2 aromatic rings. The smallest absolute Gasteiger partial charge is 0.248 e. The van der Waals surface area contributed by atoms with Crippen molar-refractivity contribution in [1.82, 2.24) is 0 Å². The second-order valence-corrected chi connectivity index (χ2v) is 4.56. The predicted molar refractivity (Wildman–Crippen MR) is 81.6 cm³/mol. The number of primary amides is 1. The monoisotopic (exact) mass is 296 g/mol. The van der Waals surface area contributed by atoms with Gasteiger partial charge >= 0.3 is 0 Å². The van der Waals surface area contributed by atoms with E-state index in [9.17, 15) is 4.79 Å². The van der Waals surface area contributed by atoms with E-state index in [0.717, 1.165) is 5.56 Å². The lowest BCUT2D eigenvalue weighted by Gasteiger charge is -2.12. The van der Waals surface area contributed by atoms with Gasteiger partial charge in [-0.1, -0.05) is 12.1 Å². The highest BCUT2D eigenvalue weighted by Gasteiger charge is 2.09. The van der Waals surface area contributed by atoms with Gasteiger partial charge in [0.2, 0.25) is 5.91 Å². The Morgan fingerprint density at radius 1 is 1.14 bits per heavy atom. The third-order valence-corrected chi connectivity index (χ3v) is 3.01. The van der Waals surface area contributed by atoms with Gasteiger partial charge in [-0.25, -0.2) is 0 Å². The number of hydrogen-bond acceptors (Lipinski definition) is 4. The highest BCUT2D eigenvalue weighted by atomic mass is 16.5. The number of amides is 1. The number of carbonyl (C=O) groups excluding carboxylic acids is 1. The van der Waals surface area contributed by atoms with Crippen LogP contribution in [-0.4, -0.2) is 12.5 Å². The number of hydrogen-bond donors (Lipinski definition) is 1. The molecule has 112 valence electrons. The first-order chi connectivity index (χ1) is 10.6. The van der Waals surface area contributed by atoms with Crippen LogP contribution in [0.4, 0.5) is 0 Å². The van der Waals surface area contributed by atoms with Crippen LogP contribution in [0.1, 0.15) is 28.4 Å². The number of benzene rings is 2. The van der Waals surface area contributed by atoms with Gasteiger partial charge in [0.25, 0.3) is 0 Å². The first-order valence-electron chi connectivity index (χ1n) is 6.82. The number of rotatable bonds is 6. The van der Waals surface area contributed by atoms with Gasteiger partial charge in [0, 0.05) is 5.56 Å². The van der Waals surface area contributed by atoms with E-state index in [0.29, 0.717) is 35.8 Å². The quantitative estimate of drug-likeness (QED) is 0.888. The van der Waals surface area contributed by atoms with Gasteiger partial charge in [-0.3, -0.25) is 4.79 Å². The van der Waals surface area contributed by atoms with Crippen LogP contribution in [-0.2, 0) is 6.61 Å². The Hall–Kier alpha value is -3.00. The maximum Gasteiger partial charge on any atom is 0.248 e. The fraction of sp³-hybridized carbons (Fsp3) is 0.176. The summed E-state index contributed by atoms with van der Waals surface area (Å²) < 4.78 is 11.2. The summed E-state index contributed by atoms with van der Waals surface area (Å²) in [6.07, 6.45) is 0. The van der Waals surface area contributed by atoms with E-state index >= 15 is 0 Å². The second kappa shape index (κ2) is 7.14. The zero-order valence-corrected chi connectivity index (χ0v) is 12.2. The Morgan fingerprint density at radius 3 is 2.45 bits per heavy atom. The molecule has 0 heterocycles. The van der Waals surface area contributed by atoms with Crippen molar-refractivity contribution in [2.75, 3.05) is 6.61 Å². The number of nitrogens with zero attached hydrogens (tertiary/aromatic N) is 1. The van der Waals surface area contributed by atoms with Gasteiger partial charge in [-0.2, -0.15) is 5.26 Å². The van der Waals surface area contributed by atoms with Crippen molar-refractivity contribution in [2.45, 2.75) is 13.5 Å². The molecule has 0 radical (unpaired) electrons. The molecule has 1 amide bonds. The maximum absolute atomic E-state index is 11.2. The van der Waals surface area contributed by atoms with E-state index in [2.05, 4.69) is 6.07 Å². The molecule has 2 aromatic carbocycles. The van der Waals surface area contributed by atoms with Crippen LogP contribution in [0.25, 0.3) is 0 Å². The van der Waals surface area contributed by atoms with E-state index in [1.807, 2.05) is 19.1 Å². The molecule has 0 saturated heterocycles. The molecule has 0 atom stereocenters. The molecule has 22 heavy (non-hydrogen) atoms. The third kappa shape index (κ3) is 3.76. The van der Waals surface area contributed by atoms with E-state index in [1.165, 1.54) is 0 Å². The highest BCUT2D eigenvalue weighted by Crippen LogP contribution is 2.29. The highest BCUT2D eigenvalue weighted by molar-refractivity contribution is 5.93. The summed E-state index contributed by atoms with van der Waals surface area (Å²) in [6, 6.07) is 14.0. The van der Waals surface area contributed by atoms with Gasteiger partial charge in [0.15, 0.2) is 11.5 Å². The molecule has 0 fully saturated rings. The first-order valence-corrected chi connectivity index (χ1v) is 6.82. The molecule has 0 aromatic heterocycles. The third-order valence-electron chi connectivity index (χ3n) is 3.01. The predicted octanol–water partition coefficient (Wildman–Crippen LogP) is 2.63. The Balaban J connectivity index is 2.14. The van der Waals surface area contributed by atoms with E-state index in [1.54, 1.807) is 30.3 Å². The zero-order chi connectivity index (χ0) is 15.9. The number of nitriles is 1. The van der Waals surface area contributed by atoms with E-state index < -0.39 is 5.91 Å². The van der Waals surface area contributed by atoms with Crippen LogP contribution < -0.4 is 15.2 Å². The van der Waals surface area contributed by atoms with Crippen LogP contribution >= 0.6 is 0 Å². The number of carbonyl (C=O) groups is 1. The molecule has 5 heteroatoms. The average molecular weight is 296 g/mol. The summed E-state index contributed by atoms with van der Waals surface area (Å²) in [5.41, 5.74) is 7.16. The molecule has 0 aliphatic heterocycles. The largest absolute Gasteiger partial charge is 0.490 e. The van der Waals surface area contributed by atoms with Crippen molar-refractivity contribution < 1.29 is 14.3 Å². The van der Waals surface area contributed by atoms with Gasteiger partial charge in [-0.15, -0.1) is 0 Å². The number of ether oxygens (including phenoxy) is 2. The first kappa shape index (κ1) is 15.4. The van der Waals surface area contributed by atoms with Crippen molar-refractivity contribution in [1.29, 1.82) is 5.26 Å². The van der Waals surface area contributed by atoms with Crippen LogP contribution in [0.5, 0.6) is 11.5 Å². The minimum atomic E-state index is -0.514. The summed E-state index contributed by atoms with van der Waals surface area (Å²) in [5.74, 6) is 0.503. The van der Waals surface area contributed by atoms with E-state index in [-0.39, 0.29) is 0 Å². The van der Waals surface area contributed by atoms with Gasteiger partial charge in [-0.05, 0) is 42.8 Å². The Labute approximate surface area is 128 Å². The van der Waals surface area contributed by atoms with E-state index in [4.69, 9.17) is 20.5 Å². The Bertz CT molecular complexity index is 703. The van der Waals surface area contributed by atoms with Crippen molar-refractivity contribution in [3.63, 3.8) is 0 Å². The molecule has 2 N–H and O–H groups in total. The normalized spacial score (nSPS) is 9.82. The summed E-state index contributed by atoms with van der Waals surface area (Å²) in [7, 11) is 0. The lowest BCUT2D eigenvalue weighted by Crippen LogP contribution is -2.11. The fourth-order valence-corrected chi connectivity index (χ4v) is 1.89. The summed E-state index contributed by atoms with van der Waals surface area (Å²) in [6.45, 7) is 2.64. The van der Waals surface area contributed by atoms with Crippen LogP contribution in [0.2, 0.25) is 0 Å². The van der Waals surface area contributed by atoms with Gasteiger partial charge in [0.05, 0.1) is 18.2 Å². The summed E-state index contributed by atoms with van der Waals surface area (Å²) in [4.78, 5) is 11.2. The molecule has 0 aliphatic carbocycles. The minimum absolute atomic E-state index is 0.335. The second-order valence-electron chi connectivity index (χ2n) is 4.56. The SMILES string of the molecule is CCOc1cc(C(N)=O)ccc1OCc1ccc(C#N)cc1. The topological polar surface area (TPSA) is 85.3 Å². The lowest BCUT2D eigenvalue weighted by atomic mass is 10.1. The zero-order valence-electron chi connectivity index (χ0n) is 12.2. The molecular formula is C17H16N2O3. The molecule has 0 saturated carbocycles.